The highest BCUT2D eigenvalue weighted by atomic mass is 16.6. The number of nitrogens with zero attached hydrogens (tertiary/aromatic N) is 2. The smallest absolute Gasteiger partial charge is 0.305 e. The van der Waals surface area contributed by atoms with Gasteiger partial charge in [-0.1, -0.05) is 0 Å². The summed E-state index contributed by atoms with van der Waals surface area (Å²) >= 11 is 0. The van der Waals surface area contributed by atoms with Gasteiger partial charge in [-0.25, -0.2) is 0 Å². The summed E-state index contributed by atoms with van der Waals surface area (Å²) in [6.07, 6.45) is -0.132. The molecule has 19 heavy (non-hydrogen) atoms. The van der Waals surface area contributed by atoms with Crippen LogP contribution in [-0.4, -0.2) is 39.9 Å². The first-order valence-corrected chi connectivity index (χ1v) is 5.71. The van der Waals surface area contributed by atoms with Crippen molar-refractivity contribution >= 4 is 17.6 Å². The van der Waals surface area contributed by atoms with Gasteiger partial charge < -0.3 is 10.0 Å². The summed E-state index contributed by atoms with van der Waals surface area (Å²) in [4.78, 5) is 33.9. The van der Waals surface area contributed by atoms with E-state index in [0.29, 0.717) is 12.1 Å². The highest BCUT2D eigenvalue weighted by Crippen LogP contribution is 2.13. The average molecular weight is 266 g/mol. The third-order valence-corrected chi connectivity index (χ3v) is 2.59. The topological polar surface area (TPSA) is 101 Å². The van der Waals surface area contributed by atoms with Crippen LogP contribution in [0.25, 0.3) is 0 Å². The van der Waals surface area contributed by atoms with Gasteiger partial charge >= 0.3 is 5.97 Å². The number of carboxylic acid groups (broad SMARTS) is 1. The number of benzene rings is 1. The van der Waals surface area contributed by atoms with E-state index in [2.05, 4.69) is 0 Å². The first-order valence-electron chi connectivity index (χ1n) is 5.71. The van der Waals surface area contributed by atoms with Crippen LogP contribution in [0, 0.1) is 10.1 Å². The van der Waals surface area contributed by atoms with E-state index in [1.165, 1.54) is 29.2 Å². The fourth-order valence-corrected chi connectivity index (χ4v) is 1.54. The zero-order valence-corrected chi connectivity index (χ0v) is 10.4. The summed E-state index contributed by atoms with van der Waals surface area (Å²) in [5.41, 5.74) is 0.211. The molecule has 0 unspecified atom stereocenters. The predicted molar refractivity (Wildman–Crippen MR) is 66.9 cm³/mol. The predicted octanol–water partition coefficient (Wildman–Crippen LogP) is 1.53. The Bertz CT molecular complexity index is 483. The Kier molecular flexibility index (Phi) is 4.99. The number of hydrogen-bond acceptors (Lipinski definition) is 4. The zero-order chi connectivity index (χ0) is 14.4. The molecule has 1 rings (SSSR count). The number of nitro benzene ring substituents is 1. The van der Waals surface area contributed by atoms with Gasteiger partial charge in [0.1, 0.15) is 0 Å². The number of aliphatic carboxylic acids is 1. The van der Waals surface area contributed by atoms with Crippen molar-refractivity contribution in [3.8, 4) is 0 Å². The fourth-order valence-electron chi connectivity index (χ4n) is 1.54. The average Bonchev–Trinajstić information content (AvgIpc) is 2.39. The molecular formula is C12H14N2O5. The van der Waals surface area contributed by atoms with Crippen molar-refractivity contribution in [2.24, 2.45) is 0 Å². The van der Waals surface area contributed by atoms with E-state index < -0.39 is 10.9 Å². The first kappa shape index (κ1) is 14.6. The molecule has 102 valence electrons. The lowest BCUT2D eigenvalue weighted by atomic mass is 10.1. The second-order valence-corrected chi connectivity index (χ2v) is 3.83. The van der Waals surface area contributed by atoms with Gasteiger partial charge in [0, 0.05) is 30.8 Å². The van der Waals surface area contributed by atoms with Crippen LogP contribution in [0.15, 0.2) is 24.3 Å². The van der Waals surface area contributed by atoms with E-state index >= 15 is 0 Å². The van der Waals surface area contributed by atoms with E-state index in [4.69, 9.17) is 5.11 Å². The molecule has 0 radical (unpaired) electrons. The standard InChI is InChI=1S/C12H14N2O5/c1-2-13(8-7-11(15)16)12(17)9-3-5-10(6-4-9)14(18)19/h3-6H,2,7-8H2,1H3,(H,15,16). The largest absolute Gasteiger partial charge is 0.481 e. The van der Waals surface area contributed by atoms with Crippen LogP contribution in [-0.2, 0) is 4.79 Å². The summed E-state index contributed by atoms with van der Waals surface area (Å²) in [7, 11) is 0. The lowest BCUT2D eigenvalue weighted by molar-refractivity contribution is -0.384. The molecule has 0 heterocycles. The minimum Gasteiger partial charge on any atom is -0.481 e. The number of hydrogen-bond donors (Lipinski definition) is 1. The number of amides is 1. The number of carbonyl (C=O) groups is 2. The van der Waals surface area contributed by atoms with Gasteiger partial charge in [-0.15, -0.1) is 0 Å². The molecule has 0 atom stereocenters. The van der Waals surface area contributed by atoms with Crippen molar-refractivity contribution < 1.29 is 19.6 Å². The molecule has 7 heteroatoms. The van der Waals surface area contributed by atoms with E-state index in [-0.39, 0.29) is 24.6 Å². The molecule has 0 fully saturated rings. The quantitative estimate of drug-likeness (QED) is 0.621. The summed E-state index contributed by atoms with van der Waals surface area (Å²) < 4.78 is 0. The maximum absolute atomic E-state index is 12.0. The number of carboxylic acids is 1. The Morgan fingerprint density at radius 2 is 1.89 bits per heavy atom. The van der Waals surface area contributed by atoms with E-state index in [1.807, 2.05) is 0 Å². The molecule has 0 aliphatic rings. The third-order valence-electron chi connectivity index (χ3n) is 2.59. The van der Waals surface area contributed by atoms with Gasteiger partial charge in [0.05, 0.1) is 11.3 Å². The molecule has 0 bridgehead atoms. The van der Waals surface area contributed by atoms with Crippen molar-refractivity contribution in [2.75, 3.05) is 13.1 Å². The highest BCUT2D eigenvalue weighted by Gasteiger charge is 2.16. The van der Waals surface area contributed by atoms with Gasteiger partial charge in [0.2, 0.25) is 0 Å². The Morgan fingerprint density at radius 3 is 2.32 bits per heavy atom. The molecule has 1 N–H and O–H groups in total. The number of carbonyl (C=O) groups excluding carboxylic acids is 1. The lowest BCUT2D eigenvalue weighted by Gasteiger charge is -2.19. The molecular weight excluding hydrogens is 252 g/mol. The van der Waals surface area contributed by atoms with Gasteiger partial charge in [-0.3, -0.25) is 19.7 Å². The van der Waals surface area contributed by atoms with Crippen molar-refractivity contribution in [3.05, 3.63) is 39.9 Å². The van der Waals surface area contributed by atoms with Crippen molar-refractivity contribution in [1.82, 2.24) is 4.90 Å². The molecule has 0 spiro atoms. The van der Waals surface area contributed by atoms with E-state index in [1.54, 1.807) is 6.92 Å². The lowest BCUT2D eigenvalue weighted by Crippen LogP contribution is -2.32. The van der Waals surface area contributed by atoms with Crippen LogP contribution in [0.3, 0.4) is 0 Å². The second kappa shape index (κ2) is 6.48. The van der Waals surface area contributed by atoms with Crippen LogP contribution in [0.5, 0.6) is 0 Å². The summed E-state index contributed by atoms with van der Waals surface area (Å²) in [5.74, 6) is -1.31. The maximum Gasteiger partial charge on any atom is 0.305 e. The van der Waals surface area contributed by atoms with Crippen LogP contribution >= 0.6 is 0 Å². The van der Waals surface area contributed by atoms with E-state index in [0.717, 1.165) is 0 Å². The van der Waals surface area contributed by atoms with Crippen molar-refractivity contribution in [3.63, 3.8) is 0 Å². The number of non-ortho nitro benzene ring substituents is 1. The molecule has 0 aliphatic heterocycles. The van der Waals surface area contributed by atoms with Crippen LogP contribution in [0.4, 0.5) is 5.69 Å². The van der Waals surface area contributed by atoms with Crippen LogP contribution < -0.4 is 0 Å². The molecule has 0 aromatic heterocycles. The van der Waals surface area contributed by atoms with Crippen molar-refractivity contribution in [2.45, 2.75) is 13.3 Å². The van der Waals surface area contributed by atoms with Crippen LogP contribution in [0.1, 0.15) is 23.7 Å². The van der Waals surface area contributed by atoms with Gasteiger partial charge in [0.15, 0.2) is 0 Å². The summed E-state index contributed by atoms with van der Waals surface area (Å²) in [5, 5.41) is 19.1. The second-order valence-electron chi connectivity index (χ2n) is 3.83. The fraction of sp³-hybridized carbons (Fsp3) is 0.333. The summed E-state index contributed by atoms with van der Waals surface area (Å²) in [6.45, 7) is 2.23. The monoisotopic (exact) mass is 266 g/mol. The first-order chi connectivity index (χ1) is 8.95. The Morgan fingerprint density at radius 1 is 1.32 bits per heavy atom. The molecule has 0 saturated heterocycles. The van der Waals surface area contributed by atoms with E-state index in [9.17, 15) is 19.7 Å². The molecule has 1 amide bonds. The normalized spacial score (nSPS) is 9.95. The minimum absolute atomic E-state index is 0.0925. The number of rotatable bonds is 6. The number of nitro groups is 1. The molecule has 1 aromatic carbocycles. The Labute approximate surface area is 109 Å². The highest BCUT2D eigenvalue weighted by molar-refractivity contribution is 5.94. The van der Waals surface area contributed by atoms with Gasteiger partial charge in [-0.2, -0.15) is 0 Å². The Balaban J connectivity index is 2.79. The Hall–Kier alpha value is -2.44. The third kappa shape index (κ3) is 4.06. The zero-order valence-electron chi connectivity index (χ0n) is 10.4. The maximum atomic E-state index is 12.0. The van der Waals surface area contributed by atoms with Crippen molar-refractivity contribution in [1.29, 1.82) is 0 Å². The minimum atomic E-state index is -0.977. The molecule has 0 aliphatic carbocycles. The van der Waals surface area contributed by atoms with Gasteiger partial charge in [-0.05, 0) is 19.1 Å². The SMILES string of the molecule is CCN(CCC(=O)O)C(=O)c1ccc([N+](=O)[O-])cc1. The molecule has 7 nitrogen and oxygen atoms in total. The summed E-state index contributed by atoms with van der Waals surface area (Å²) in [6, 6.07) is 5.23. The molecule has 1 aromatic rings. The molecule has 0 saturated carbocycles. The van der Waals surface area contributed by atoms with Crippen LogP contribution in [0.2, 0.25) is 0 Å². The van der Waals surface area contributed by atoms with Gasteiger partial charge in [0.25, 0.3) is 11.6 Å².